The van der Waals surface area contributed by atoms with Gasteiger partial charge in [0.2, 0.25) is 5.91 Å². The molecule has 7 nitrogen and oxygen atoms in total. The lowest BCUT2D eigenvalue weighted by atomic mass is 9.83. The molecule has 1 unspecified atom stereocenters. The maximum absolute atomic E-state index is 14.2. The Morgan fingerprint density at radius 1 is 0.905 bits per heavy atom. The molecule has 1 atom stereocenters. The number of nitrogens with one attached hydrogen (secondary N) is 1. The van der Waals surface area contributed by atoms with E-state index in [1.165, 1.54) is 23.3 Å². The summed E-state index contributed by atoms with van der Waals surface area (Å²) >= 11 is 0. The second-order valence-corrected chi connectivity index (χ2v) is 11.4. The lowest BCUT2D eigenvalue weighted by Crippen LogP contribution is -2.27. The maximum Gasteiger partial charge on any atom is 0.503 e. The number of benzene rings is 3. The normalized spacial score (nSPS) is 16.9. The van der Waals surface area contributed by atoms with Gasteiger partial charge in [0.15, 0.2) is 0 Å². The highest BCUT2D eigenvalue weighted by molar-refractivity contribution is 5.98. The van der Waals surface area contributed by atoms with Gasteiger partial charge < -0.3 is 20.4 Å². The van der Waals surface area contributed by atoms with Crippen LogP contribution in [0.4, 0.5) is 19.3 Å². The van der Waals surface area contributed by atoms with Gasteiger partial charge in [-0.05, 0) is 84.9 Å². The van der Waals surface area contributed by atoms with Gasteiger partial charge >= 0.3 is 6.16 Å². The molecule has 0 bridgehead atoms. The summed E-state index contributed by atoms with van der Waals surface area (Å²) in [5.41, 5.74) is 3.88. The van der Waals surface area contributed by atoms with E-state index >= 15 is 0 Å². The van der Waals surface area contributed by atoms with Crippen LogP contribution in [0.3, 0.4) is 0 Å². The van der Waals surface area contributed by atoms with Gasteiger partial charge in [0.25, 0.3) is 5.91 Å². The molecule has 9 heteroatoms. The van der Waals surface area contributed by atoms with Gasteiger partial charge in [-0.2, -0.15) is 0 Å². The number of hydrogen-bond acceptors (Lipinski definition) is 3. The van der Waals surface area contributed by atoms with Crippen molar-refractivity contribution in [2.75, 3.05) is 5.32 Å². The minimum atomic E-state index is -1.83. The third kappa shape index (κ3) is 6.95. The number of anilines is 1. The van der Waals surface area contributed by atoms with E-state index in [0.29, 0.717) is 0 Å². The first kappa shape index (κ1) is 29.2. The largest absolute Gasteiger partial charge is 0.503 e. The summed E-state index contributed by atoms with van der Waals surface area (Å²) in [7, 11) is 0. The van der Waals surface area contributed by atoms with Crippen LogP contribution in [0.2, 0.25) is 0 Å². The van der Waals surface area contributed by atoms with E-state index in [1.807, 2.05) is 36.4 Å². The maximum atomic E-state index is 14.2. The molecule has 2 aliphatic carbocycles. The van der Waals surface area contributed by atoms with Crippen LogP contribution in [-0.4, -0.2) is 33.1 Å². The van der Waals surface area contributed by atoms with Crippen molar-refractivity contribution in [3.8, 4) is 0 Å². The standard InChI is InChI=1S/C32H32F2N2O2.CH2O3/c33-27-14-15-28(34)30-26(27)19-36(32(30)38)18-21-10-12-24(13-11-21)29(23-5-1-2-6-23)31(37)35-25-7-3-4-22(17-25)16-20-8-9-20;2-1(3)4/h3-4,7,10-15,17,20,23,29H,1-2,5-6,8-9,16,18-19H2,(H,35,37);(H2,2,3,4). The molecule has 2 saturated carbocycles. The molecule has 3 aliphatic rings. The summed E-state index contributed by atoms with van der Waals surface area (Å²) in [5, 5.41) is 17.1. The van der Waals surface area contributed by atoms with E-state index in [2.05, 4.69) is 17.4 Å². The van der Waals surface area contributed by atoms with E-state index in [-0.39, 0.29) is 42.0 Å². The van der Waals surface area contributed by atoms with Crippen LogP contribution < -0.4 is 5.32 Å². The second-order valence-electron chi connectivity index (χ2n) is 11.4. The summed E-state index contributed by atoms with van der Waals surface area (Å²) in [6.45, 7) is 0.299. The quantitative estimate of drug-likeness (QED) is 0.263. The average Bonchev–Trinajstić information content (AvgIpc) is 3.47. The Morgan fingerprint density at radius 2 is 1.57 bits per heavy atom. The minimum Gasteiger partial charge on any atom is -0.450 e. The van der Waals surface area contributed by atoms with E-state index < -0.39 is 23.7 Å². The molecule has 0 aromatic heterocycles. The fraction of sp³-hybridized carbons (Fsp3) is 0.364. The Kier molecular flexibility index (Phi) is 8.85. The lowest BCUT2D eigenvalue weighted by Gasteiger charge is -2.24. The van der Waals surface area contributed by atoms with Crippen LogP contribution in [0.1, 0.15) is 77.1 Å². The van der Waals surface area contributed by atoms with Crippen LogP contribution in [0.25, 0.3) is 0 Å². The van der Waals surface area contributed by atoms with Crippen molar-refractivity contribution in [3.63, 3.8) is 0 Å². The van der Waals surface area contributed by atoms with Gasteiger partial charge in [0.05, 0.1) is 18.0 Å². The third-order valence-corrected chi connectivity index (χ3v) is 8.34. The molecule has 0 saturated heterocycles. The van der Waals surface area contributed by atoms with Crippen molar-refractivity contribution in [3.05, 3.63) is 100 Å². The predicted octanol–water partition coefficient (Wildman–Crippen LogP) is 7.21. The zero-order valence-corrected chi connectivity index (χ0v) is 23.2. The van der Waals surface area contributed by atoms with Crippen LogP contribution >= 0.6 is 0 Å². The van der Waals surface area contributed by atoms with Gasteiger partial charge in [-0.25, -0.2) is 13.6 Å². The monoisotopic (exact) mass is 576 g/mol. The van der Waals surface area contributed by atoms with Crippen molar-refractivity contribution in [1.82, 2.24) is 4.90 Å². The number of amides is 2. The fourth-order valence-corrected chi connectivity index (χ4v) is 6.16. The molecule has 2 fully saturated rings. The van der Waals surface area contributed by atoms with E-state index in [9.17, 15) is 18.4 Å². The highest BCUT2D eigenvalue weighted by atomic mass is 19.1. The number of nitrogens with zero attached hydrogens (tertiary/aromatic N) is 1. The molecule has 3 N–H and O–H groups in total. The number of halogens is 2. The van der Waals surface area contributed by atoms with Gasteiger partial charge in [-0.3, -0.25) is 9.59 Å². The van der Waals surface area contributed by atoms with Gasteiger partial charge in [0.1, 0.15) is 11.6 Å². The molecule has 42 heavy (non-hydrogen) atoms. The molecular weight excluding hydrogens is 542 g/mol. The van der Waals surface area contributed by atoms with Crippen LogP contribution in [-0.2, 0) is 24.3 Å². The first-order valence-corrected chi connectivity index (χ1v) is 14.4. The fourth-order valence-electron chi connectivity index (χ4n) is 6.16. The Hall–Kier alpha value is -4.27. The number of carbonyl (C=O) groups is 3. The number of hydrogen-bond donors (Lipinski definition) is 3. The second kappa shape index (κ2) is 12.7. The van der Waals surface area contributed by atoms with E-state index in [1.54, 1.807) is 0 Å². The molecule has 1 heterocycles. The van der Waals surface area contributed by atoms with Crippen LogP contribution in [0.15, 0.2) is 60.7 Å². The minimum absolute atomic E-state index is 0.0179. The summed E-state index contributed by atoms with van der Waals surface area (Å²) < 4.78 is 28.4. The summed E-state index contributed by atoms with van der Waals surface area (Å²) in [5.74, 6) is -0.897. The Balaban J connectivity index is 0.000000830. The number of carbonyl (C=O) groups excluding carboxylic acids is 2. The molecule has 6 rings (SSSR count). The average molecular weight is 577 g/mol. The van der Waals surface area contributed by atoms with Crippen molar-refractivity contribution < 1.29 is 33.4 Å². The summed E-state index contributed by atoms with van der Waals surface area (Å²) in [6.07, 6.45) is 6.15. The molecule has 3 aromatic carbocycles. The molecule has 0 radical (unpaired) electrons. The summed E-state index contributed by atoms with van der Waals surface area (Å²) in [6, 6.07) is 18.1. The number of carboxylic acid groups (broad SMARTS) is 2. The van der Waals surface area contributed by atoms with Crippen molar-refractivity contribution >= 4 is 23.7 Å². The molecule has 3 aromatic rings. The lowest BCUT2D eigenvalue weighted by molar-refractivity contribution is -0.118. The number of fused-ring (bicyclic) bond motifs is 1. The van der Waals surface area contributed by atoms with Crippen molar-refractivity contribution in [1.29, 1.82) is 0 Å². The number of rotatable bonds is 8. The topological polar surface area (TPSA) is 107 Å². The van der Waals surface area contributed by atoms with Crippen molar-refractivity contribution in [2.24, 2.45) is 11.8 Å². The third-order valence-electron chi connectivity index (χ3n) is 8.34. The van der Waals surface area contributed by atoms with E-state index in [4.69, 9.17) is 15.0 Å². The Morgan fingerprint density at radius 3 is 2.21 bits per heavy atom. The zero-order valence-electron chi connectivity index (χ0n) is 23.2. The molecule has 0 spiro atoms. The SMILES string of the molecule is O=C(Nc1cccc(CC2CC2)c1)C(c1ccc(CN2Cc3c(F)ccc(F)c3C2=O)cc1)C1CCCC1.O=C(O)O. The van der Waals surface area contributed by atoms with Crippen LogP contribution in [0, 0.1) is 23.5 Å². The van der Waals surface area contributed by atoms with Crippen molar-refractivity contribution in [2.45, 2.75) is 64.0 Å². The molecular formula is C33H34F2N2O5. The Labute approximate surface area is 243 Å². The first-order chi connectivity index (χ1) is 20.2. The molecule has 1 aliphatic heterocycles. The van der Waals surface area contributed by atoms with Gasteiger partial charge in [-0.1, -0.05) is 49.2 Å². The van der Waals surface area contributed by atoms with Crippen LogP contribution in [0.5, 0.6) is 0 Å². The molecule has 2 amide bonds. The predicted molar refractivity (Wildman–Crippen MR) is 153 cm³/mol. The highest BCUT2D eigenvalue weighted by Crippen LogP contribution is 2.39. The van der Waals surface area contributed by atoms with E-state index in [0.717, 1.165) is 67.0 Å². The first-order valence-electron chi connectivity index (χ1n) is 14.4. The van der Waals surface area contributed by atoms with Gasteiger partial charge in [-0.15, -0.1) is 0 Å². The zero-order chi connectivity index (χ0) is 29.8. The highest BCUT2D eigenvalue weighted by Gasteiger charge is 2.34. The Bertz CT molecular complexity index is 1460. The smallest absolute Gasteiger partial charge is 0.450 e. The molecule has 220 valence electrons. The van der Waals surface area contributed by atoms with Gasteiger partial charge in [0, 0.05) is 17.8 Å². The summed E-state index contributed by atoms with van der Waals surface area (Å²) in [4.78, 5) is 36.4.